The van der Waals surface area contributed by atoms with Crippen LogP contribution in [-0.4, -0.2) is 20.8 Å². The van der Waals surface area contributed by atoms with Gasteiger partial charge in [0, 0.05) is 6.04 Å². The van der Waals surface area contributed by atoms with Crippen LogP contribution in [0.25, 0.3) is 0 Å². The lowest BCUT2D eigenvalue weighted by Crippen LogP contribution is -2.30. The minimum atomic E-state index is 0. The standard InChI is InChI=1S/C15H23NO2.ClH/c1-10(2)7-13-12-9-15(18-4)14(17-3)8-11(12)5-6-16-13;/h8-10,13,16H,5-7H2,1-4H3;1H. The van der Waals surface area contributed by atoms with Crippen LogP contribution in [-0.2, 0) is 6.42 Å². The highest BCUT2D eigenvalue weighted by atomic mass is 35.5. The molecule has 0 bridgehead atoms. The van der Waals surface area contributed by atoms with Crippen LogP contribution in [0, 0.1) is 5.92 Å². The zero-order chi connectivity index (χ0) is 13.1. The molecule has 1 aliphatic rings. The predicted octanol–water partition coefficient (Wildman–Crippen LogP) is 3.36. The van der Waals surface area contributed by atoms with Crippen molar-refractivity contribution in [2.45, 2.75) is 32.7 Å². The maximum Gasteiger partial charge on any atom is 0.161 e. The molecule has 0 radical (unpaired) electrons. The molecule has 0 saturated heterocycles. The quantitative estimate of drug-likeness (QED) is 0.920. The summed E-state index contributed by atoms with van der Waals surface area (Å²) in [7, 11) is 3.38. The van der Waals surface area contributed by atoms with E-state index in [-0.39, 0.29) is 12.4 Å². The van der Waals surface area contributed by atoms with Crippen LogP contribution < -0.4 is 14.8 Å². The topological polar surface area (TPSA) is 30.5 Å². The molecule has 19 heavy (non-hydrogen) atoms. The van der Waals surface area contributed by atoms with Gasteiger partial charge in [0.1, 0.15) is 0 Å². The minimum absolute atomic E-state index is 0. The highest BCUT2D eigenvalue weighted by Gasteiger charge is 2.22. The first-order valence-corrected chi connectivity index (χ1v) is 6.64. The summed E-state index contributed by atoms with van der Waals surface area (Å²) in [6.07, 6.45) is 2.22. The molecule has 2 rings (SSSR count). The average Bonchev–Trinajstić information content (AvgIpc) is 2.37. The molecule has 1 aromatic carbocycles. The van der Waals surface area contributed by atoms with E-state index in [0.29, 0.717) is 12.0 Å². The van der Waals surface area contributed by atoms with Crippen molar-refractivity contribution in [1.82, 2.24) is 5.32 Å². The van der Waals surface area contributed by atoms with Gasteiger partial charge in [-0.05, 0) is 48.6 Å². The smallest absolute Gasteiger partial charge is 0.161 e. The first-order valence-electron chi connectivity index (χ1n) is 6.64. The third-order valence-electron chi connectivity index (χ3n) is 3.51. The Hall–Kier alpha value is -0.930. The van der Waals surface area contributed by atoms with Gasteiger partial charge in [-0.3, -0.25) is 0 Å². The first-order chi connectivity index (χ1) is 8.65. The Kier molecular flexibility index (Phi) is 5.95. The van der Waals surface area contributed by atoms with Gasteiger partial charge < -0.3 is 14.8 Å². The fourth-order valence-electron chi connectivity index (χ4n) is 2.65. The summed E-state index contributed by atoms with van der Waals surface area (Å²) in [4.78, 5) is 0. The molecule has 1 heterocycles. The van der Waals surface area contributed by atoms with Crippen LogP contribution in [0.2, 0.25) is 0 Å². The minimum Gasteiger partial charge on any atom is -0.493 e. The molecule has 1 unspecified atom stereocenters. The zero-order valence-electron chi connectivity index (χ0n) is 12.2. The first kappa shape index (κ1) is 16.1. The third-order valence-corrected chi connectivity index (χ3v) is 3.51. The number of ether oxygens (including phenoxy) is 2. The van der Waals surface area contributed by atoms with Crippen molar-refractivity contribution in [2.24, 2.45) is 5.92 Å². The van der Waals surface area contributed by atoms with Gasteiger partial charge in [-0.15, -0.1) is 12.4 Å². The lowest BCUT2D eigenvalue weighted by Gasteiger charge is -2.29. The summed E-state index contributed by atoms with van der Waals surface area (Å²) in [6, 6.07) is 4.70. The van der Waals surface area contributed by atoms with Gasteiger partial charge in [-0.2, -0.15) is 0 Å². The molecule has 0 saturated carbocycles. The third kappa shape index (κ3) is 3.54. The monoisotopic (exact) mass is 285 g/mol. The van der Waals surface area contributed by atoms with E-state index in [2.05, 4.69) is 31.3 Å². The van der Waals surface area contributed by atoms with Crippen molar-refractivity contribution in [3.8, 4) is 11.5 Å². The molecular formula is C15H24ClNO2. The van der Waals surface area contributed by atoms with E-state index in [4.69, 9.17) is 9.47 Å². The molecule has 0 spiro atoms. The lowest BCUT2D eigenvalue weighted by molar-refractivity contribution is 0.350. The predicted molar refractivity (Wildman–Crippen MR) is 80.7 cm³/mol. The van der Waals surface area contributed by atoms with E-state index in [1.807, 2.05) is 0 Å². The van der Waals surface area contributed by atoms with Gasteiger partial charge in [0.05, 0.1) is 14.2 Å². The average molecular weight is 286 g/mol. The summed E-state index contributed by atoms with van der Waals surface area (Å²) in [5.74, 6) is 2.34. The molecule has 3 nitrogen and oxygen atoms in total. The van der Waals surface area contributed by atoms with Crippen molar-refractivity contribution >= 4 is 12.4 Å². The van der Waals surface area contributed by atoms with E-state index >= 15 is 0 Å². The SMILES string of the molecule is COc1cc2c(cc1OC)C(CC(C)C)NCC2.Cl. The summed E-state index contributed by atoms with van der Waals surface area (Å²) in [6.45, 7) is 5.56. The second-order valence-corrected chi connectivity index (χ2v) is 5.29. The number of methoxy groups -OCH3 is 2. The molecular weight excluding hydrogens is 262 g/mol. The van der Waals surface area contributed by atoms with E-state index in [1.165, 1.54) is 11.1 Å². The van der Waals surface area contributed by atoms with Crippen LogP contribution in [0.1, 0.15) is 37.4 Å². The molecule has 108 valence electrons. The normalized spacial score (nSPS) is 17.6. The number of rotatable bonds is 4. The molecule has 1 N–H and O–H groups in total. The van der Waals surface area contributed by atoms with Crippen LogP contribution in [0.5, 0.6) is 11.5 Å². The van der Waals surface area contributed by atoms with Crippen LogP contribution >= 0.6 is 12.4 Å². The molecule has 4 heteroatoms. The fraction of sp³-hybridized carbons (Fsp3) is 0.600. The zero-order valence-corrected chi connectivity index (χ0v) is 13.0. The van der Waals surface area contributed by atoms with Gasteiger partial charge in [0.2, 0.25) is 0 Å². The molecule has 0 amide bonds. The number of hydrogen-bond donors (Lipinski definition) is 1. The number of fused-ring (bicyclic) bond motifs is 1. The van der Waals surface area contributed by atoms with Gasteiger partial charge in [0.15, 0.2) is 11.5 Å². The van der Waals surface area contributed by atoms with Crippen molar-refractivity contribution in [3.05, 3.63) is 23.3 Å². The highest BCUT2D eigenvalue weighted by molar-refractivity contribution is 5.85. The molecule has 0 fully saturated rings. The molecule has 1 aromatic rings. The summed E-state index contributed by atoms with van der Waals surface area (Å²) in [5.41, 5.74) is 2.75. The number of hydrogen-bond acceptors (Lipinski definition) is 3. The van der Waals surface area contributed by atoms with E-state index in [9.17, 15) is 0 Å². The maximum atomic E-state index is 5.40. The van der Waals surface area contributed by atoms with Crippen molar-refractivity contribution in [1.29, 1.82) is 0 Å². The van der Waals surface area contributed by atoms with Gasteiger partial charge in [0.25, 0.3) is 0 Å². The second kappa shape index (κ2) is 7.01. The highest BCUT2D eigenvalue weighted by Crippen LogP contribution is 2.36. The summed E-state index contributed by atoms with van der Waals surface area (Å²) in [5, 5.41) is 3.60. The second-order valence-electron chi connectivity index (χ2n) is 5.29. The number of benzene rings is 1. The van der Waals surface area contributed by atoms with E-state index < -0.39 is 0 Å². The van der Waals surface area contributed by atoms with Crippen molar-refractivity contribution in [2.75, 3.05) is 20.8 Å². The van der Waals surface area contributed by atoms with Crippen LogP contribution in [0.3, 0.4) is 0 Å². The van der Waals surface area contributed by atoms with Gasteiger partial charge >= 0.3 is 0 Å². The van der Waals surface area contributed by atoms with Crippen LogP contribution in [0.4, 0.5) is 0 Å². The van der Waals surface area contributed by atoms with Gasteiger partial charge in [-0.1, -0.05) is 13.8 Å². The Morgan fingerprint density at radius 2 is 1.84 bits per heavy atom. The molecule has 1 atom stereocenters. The van der Waals surface area contributed by atoms with E-state index in [1.54, 1.807) is 14.2 Å². The van der Waals surface area contributed by atoms with Crippen molar-refractivity contribution in [3.63, 3.8) is 0 Å². The Bertz CT molecular complexity index is 421. The van der Waals surface area contributed by atoms with Gasteiger partial charge in [-0.25, -0.2) is 0 Å². The molecule has 0 aromatic heterocycles. The van der Waals surface area contributed by atoms with Crippen LogP contribution in [0.15, 0.2) is 12.1 Å². The summed E-state index contributed by atoms with van der Waals surface area (Å²) >= 11 is 0. The Labute approximate surface area is 122 Å². The molecule has 0 aliphatic carbocycles. The molecule has 1 aliphatic heterocycles. The Morgan fingerprint density at radius 1 is 1.21 bits per heavy atom. The van der Waals surface area contributed by atoms with Crippen molar-refractivity contribution < 1.29 is 9.47 Å². The summed E-state index contributed by atoms with van der Waals surface area (Å²) < 4.78 is 10.8. The Morgan fingerprint density at radius 3 is 2.42 bits per heavy atom. The largest absolute Gasteiger partial charge is 0.493 e. The maximum absolute atomic E-state index is 5.40. The lowest BCUT2D eigenvalue weighted by atomic mass is 9.89. The fourth-order valence-corrected chi connectivity index (χ4v) is 2.65. The van der Waals surface area contributed by atoms with E-state index in [0.717, 1.165) is 30.9 Å². The Balaban J connectivity index is 0.00000180. The number of halogens is 1. The number of nitrogens with one attached hydrogen (secondary N) is 1.